The highest BCUT2D eigenvalue weighted by molar-refractivity contribution is 9.09. The lowest BCUT2D eigenvalue weighted by molar-refractivity contribution is 0.371. The number of aryl methyl sites for hydroxylation is 1. The van der Waals surface area contributed by atoms with Gasteiger partial charge in [-0.05, 0) is 42.7 Å². The van der Waals surface area contributed by atoms with E-state index in [2.05, 4.69) is 53.8 Å². The van der Waals surface area contributed by atoms with Crippen LogP contribution in [0.3, 0.4) is 0 Å². The fourth-order valence-electron chi connectivity index (χ4n) is 2.56. The first-order valence-corrected chi connectivity index (χ1v) is 7.48. The molecule has 94 valence electrons. The summed E-state index contributed by atoms with van der Waals surface area (Å²) in [5.41, 5.74) is 3.19. The van der Waals surface area contributed by atoms with Gasteiger partial charge in [-0.15, -0.1) is 0 Å². The number of rotatable bonds is 3. The number of alkyl halides is 1. The fraction of sp³-hybridized carbons (Fsp3) is 0.667. The fourth-order valence-corrected chi connectivity index (χ4v) is 2.82. The molecule has 2 unspecified atom stereocenters. The van der Waals surface area contributed by atoms with Crippen LogP contribution in [0.1, 0.15) is 57.2 Å². The molecule has 0 saturated carbocycles. The summed E-state index contributed by atoms with van der Waals surface area (Å²) in [6.07, 6.45) is 6.94. The van der Waals surface area contributed by atoms with E-state index in [1.54, 1.807) is 0 Å². The molecule has 17 heavy (non-hydrogen) atoms. The molecule has 2 heteroatoms. The van der Waals surface area contributed by atoms with Crippen molar-refractivity contribution in [2.24, 2.45) is 5.41 Å². The van der Waals surface area contributed by atoms with Crippen molar-refractivity contribution in [1.82, 2.24) is 4.98 Å². The zero-order valence-corrected chi connectivity index (χ0v) is 12.6. The van der Waals surface area contributed by atoms with Gasteiger partial charge < -0.3 is 0 Å². The number of halogens is 1. The molecule has 2 rings (SSSR count). The van der Waals surface area contributed by atoms with Crippen LogP contribution in [-0.2, 0) is 6.42 Å². The van der Waals surface area contributed by atoms with E-state index in [0.717, 1.165) is 0 Å². The summed E-state index contributed by atoms with van der Waals surface area (Å²) in [6.45, 7) is 6.90. The summed E-state index contributed by atoms with van der Waals surface area (Å²) in [6, 6.07) is 4.29. The molecule has 1 aromatic heterocycles. The first kappa shape index (κ1) is 13.1. The maximum atomic E-state index is 4.57. The molecule has 2 atom stereocenters. The SMILES string of the molecule is CC(C)(C)C(Br)CCC1CCc2cccnc21. The highest BCUT2D eigenvalue weighted by Gasteiger charge is 2.27. The zero-order chi connectivity index (χ0) is 12.5. The molecule has 0 radical (unpaired) electrons. The summed E-state index contributed by atoms with van der Waals surface area (Å²) in [5.74, 6) is 0.689. The average Bonchev–Trinajstić information content (AvgIpc) is 2.68. The number of hydrogen-bond donors (Lipinski definition) is 0. The third-order valence-corrected chi connectivity index (χ3v) is 5.61. The van der Waals surface area contributed by atoms with Gasteiger partial charge in [0.1, 0.15) is 0 Å². The maximum Gasteiger partial charge on any atom is 0.0466 e. The Hall–Kier alpha value is -0.370. The van der Waals surface area contributed by atoms with Gasteiger partial charge in [0.05, 0.1) is 0 Å². The van der Waals surface area contributed by atoms with Crippen molar-refractivity contribution in [1.29, 1.82) is 0 Å². The molecule has 0 bridgehead atoms. The molecule has 1 aliphatic carbocycles. The smallest absolute Gasteiger partial charge is 0.0466 e. The number of pyridine rings is 1. The number of aromatic nitrogens is 1. The van der Waals surface area contributed by atoms with Crippen LogP contribution in [0.5, 0.6) is 0 Å². The lowest BCUT2D eigenvalue weighted by Gasteiger charge is -2.26. The van der Waals surface area contributed by atoms with Crippen LogP contribution >= 0.6 is 15.9 Å². The monoisotopic (exact) mass is 295 g/mol. The second-order valence-corrected chi connectivity index (χ2v) is 7.30. The van der Waals surface area contributed by atoms with Gasteiger partial charge in [0.2, 0.25) is 0 Å². The first-order chi connectivity index (χ1) is 7.98. The van der Waals surface area contributed by atoms with E-state index in [9.17, 15) is 0 Å². The zero-order valence-electron chi connectivity index (χ0n) is 11.0. The summed E-state index contributed by atoms with van der Waals surface area (Å²) < 4.78 is 0. The first-order valence-electron chi connectivity index (χ1n) is 6.56. The van der Waals surface area contributed by atoms with Crippen LogP contribution in [0, 0.1) is 5.41 Å². The Balaban J connectivity index is 1.94. The van der Waals surface area contributed by atoms with Crippen molar-refractivity contribution in [3.05, 3.63) is 29.6 Å². The summed E-state index contributed by atoms with van der Waals surface area (Å²) in [5, 5.41) is 0. The minimum atomic E-state index is 0.353. The quantitative estimate of drug-likeness (QED) is 0.737. The Bertz CT molecular complexity index is 381. The normalized spacial score (nSPS) is 21.3. The molecule has 0 aliphatic heterocycles. The van der Waals surface area contributed by atoms with Crippen LogP contribution < -0.4 is 0 Å². The molecule has 0 aromatic carbocycles. The maximum absolute atomic E-state index is 4.57. The van der Waals surface area contributed by atoms with E-state index in [1.807, 2.05) is 6.20 Å². The highest BCUT2D eigenvalue weighted by Crippen LogP contribution is 2.38. The van der Waals surface area contributed by atoms with Crippen molar-refractivity contribution in [2.45, 2.75) is 57.2 Å². The van der Waals surface area contributed by atoms with Crippen LogP contribution in [0.2, 0.25) is 0 Å². The van der Waals surface area contributed by atoms with Gasteiger partial charge in [0, 0.05) is 22.6 Å². The molecule has 0 amide bonds. The Kier molecular flexibility index (Phi) is 3.92. The van der Waals surface area contributed by atoms with E-state index in [4.69, 9.17) is 0 Å². The number of hydrogen-bond acceptors (Lipinski definition) is 1. The van der Waals surface area contributed by atoms with Gasteiger partial charge in [0.15, 0.2) is 0 Å². The Morgan fingerprint density at radius 1 is 1.47 bits per heavy atom. The van der Waals surface area contributed by atoms with Crippen molar-refractivity contribution in [3.63, 3.8) is 0 Å². The highest BCUT2D eigenvalue weighted by atomic mass is 79.9. The van der Waals surface area contributed by atoms with Crippen LogP contribution in [0.4, 0.5) is 0 Å². The van der Waals surface area contributed by atoms with Gasteiger partial charge in [-0.3, -0.25) is 4.98 Å². The molecular weight excluding hydrogens is 274 g/mol. The summed E-state index contributed by atoms with van der Waals surface area (Å²) >= 11 is 3.83. The van der Waals surface area contributed by atoms with Crippen molar-refractivity contribution >= 4 is 15.9 Å². The molecule has 0 N–H and O–H groups in total. The average molecular weight is 296 g/mol. The Labute approximate surface area is 113 Å². The molecule has 1 aliphatic rings. The van der Waals surface area contributed by atoms with Crippen molar-refractivity contribution in [2.75, 3.05) is 0 Å². The van der Waals surface area contributed by atoms with Gasteiger partial charge in [-0.25, -0.2) is 0 Å². The minimum absolute atomic E-state index is 0.353. The largest absolute Gasteiger partial charge is 0.261 e. The predicted molar refractivity (Wildman–Crippen MR) is 76.7 cm³/mol. The lowest BCUT2D eigenvalue weighted by Crippen LogP contribution is -2.20. The molecule has 1 aromatic rings. The third-order valence-electron chi connectivity index (χ3n) is 3.78. The van der Waals surface area contributed by atoms with E-state index in [0.29, 0.717) is 16.2 Å². The predicted octanol–water partition coefficient (Wildman–Crippen LogP) is 4.70. The topological polar surface area (TPSA) is 12.9 Å². The summed E-state index contributed by atoms with van der Waals surface area (Å²) in [4.78, 5) is 5.17. The Morgan fingerprint density at radius 3 is 2.94 bits per heavy atom. The molecular formula is C15H22BrN. The minimum Gasteiger partial charge on any atom is -0.261 e. The van der Waals surface area contributed by atoms with Gasteiger partial charge in [0.25, 0.3) is 0 Å². The van der Waals surface area contributed by atoms with Crippen molar-refractivity contribution < 1.29 is 0 Å². The second kappa shape index (κ2) is 5.09. The summed E-state index contributed by atoms with van der Waals surface area (Å²) in [7, 11) is 0. The second-order valence-electron chi connectivity index (χ2n) is 6.19. The van der Waals surface area contributed by atoms with Gasteiger partial charge in [-0.1, -0.05) is 42.8 Å². The molecule has 0 saturated heterocycles. The van der Waals surface area contributed by atoms with Crippen LogP contribution in [-0.4, -0.2) is 9.81 Å². The van der Waals surface area contributed by atoms with E-state index in [-0.39, 0.29) is 0 Å². The third kappa shape index (κ3) is 3.09. The standard InChI is InChI=1S/C15H22BrN/c1-15(2,3)13(16)9-8-12-7-6-11-5-4-10-17-14(11)12/h4-5,10,12-13H,6-9H2,1-3H3. The van der Waals surface area contributed by atoms with E-state index in [1.165, 1.54) is 36.9 Å². The van der Waals surface area contributed by atoms with Crippen LogP contribution in [0.15, 0.2) is 18.3 Å². The number of fused-ring (bicyclic) bond motifs is 1. The molecule has 0 spiro atoms. The van der Waals surface area contributed by atoms with E-state index >= 15 is 0 Å². The molecule has 1 heterocycles. The lowest BCUT2D eigenvalue weighted by atomic mass is 9.87. The van der Waals surface area contributed by atoms with E-state index < -0.39 is 0 Å². The Morgan fingerprint density at radius 2 is 2.24 bits per heavy atom. The van der Waals surface area contributed by atoms with Gasteiger partial charge >= 0.3 is 0 Å². The van der Waals surface area contributed by atoms with Crippen molar-refractivity contribution in [3.8, 4) is 0 Å². The molecule has 0 fully saturated rings. The van der Waals surface area contributed by atoms with Gasteiger partial charge in [-0.2, -0.15) is 0 Å². The number of nitrogens with zero attached hydrogens (tertiary/aromatic N) is 1. The van der Waals surface area contributed by atoms with Crippen LogP contribution in [0.25, 0.3) is 0 Å². The molecule has 1 nitrogen and oxygen atoms in total.